The second kappa shape index (κ2) is 9.54. The summed E-state index contributed by atoms with van der Waals surface area (Å²) in [7, 11) is 3.23. The van der Waals surface area contributed by atoms with Gasteiger partial charge in [0.25, 0.3) is 5.91 Å². The number of amides is 1. The average molecular weight is 392 g/mol. The summed E-state index contributed by atoms with van der Waals surface area (Å²) < 4.78 is 10.6. The van der Waals surface area contributed by atoms with Crippen molar-refractivity contribution in [3.63, 3.8) is 0 Å². The minimum atomic E-state index is -0.245. The van der Waals surface area contributed by atoms with Gasteiger partial charge >= 0.3 is 0 Å². The van der Waals surface area contributed by atoms with Crippen LogP contribution in [0.4, 0.5) is 11.6 Å². The third-order valence-electron chi connectivity index (χ3n) is 4.37. The molecule has 7 heteroatoms. The molecule has 0 fully saturated rings. The number of anilines is 2. The fraction of sp³-hybridized carbons (Fsp3) is 0.227. The number of hydrogen-bond acceptors (Lipinski definition) is 6. The van der Waals surface area contributed by atoms with Crippen molar-refractivity contribution in [1.82, 2.24) is 9.97 Å². The molecule has 0 saturated carbocycles. The number of carbonyl (C=O) groups excluding carboxylic acids is 1. The zero-order valence-corrected chi connectivity index (χ0v) is 16.7. The van der Waals surface area contributed by atoms with E-state index in [1.54, 1.807) is 14.2 Å². The van der Waals surface area contributed by atoms with E-state index in [1.807, 2.05) is 49.4 Å². The fourth-order valence-electron chi connectivity index (χ4n) is 2.73. The summed E-state index contributed by atoms with van der Waals surface area (Å²) >= 11 is 0. The number of nitrogens with zero attached hydrogens (tertiary/aromatic N) is 2. The Morgan fingerprint density at radius 2 is 1.66 bits per heavy atom. The van der Waals surface area contributed by atoms with Gasteiger partial charge in [0.1, 0.15) is 0 Å². The molecule has 3 aromatic rings. The molecule has 0 bridgehead atoms. The van der Waals surface area contributed by atoms with Gasteiger partial charge in [-0.3, -0.25) is 4.79 Å². The second-order valence-corrected chi connectivity index (χ2v) is 6.48. The molecule has 1 heterocycles. The van der Waals surface area contributed by atoms with E-state index in [9.17, 15) is 4.79 Å². The van der Waals surface area contributed by atoms with Crippen LogP contribution >= 0.6 is 0 Å². The van der Waals surface area contributed by atoms with E-state index in [0.717, 1.165) is 23.2 Å². The van der Waals surface area contributed by atoms with Crippen LogP contribution in [0.2, 0.25) is 0 Å². The zero-order chi connectivity index (χ0) is 20.6. The molecule has 0 saturated heterocycles. The van der Waals surface area contributed by atoms with Crippen LogP contribution in [-0.4, -0.2) is 36.6 Å². The van der Waals surface area contributed by atoms with Crippen LogP contribution in [0.15, 0.2) is 54.9 Å². The Balaban J connectivity index is 1.52. The highest BCUT2D eigenvalue weighted by molar-refractivity contribution is 6.03. The van der Waals surface area contributed by atoms with Gasteiger partial charge in [0.05, 0.1) is 19.8 Å². The maximum atomic E-state index is 12.3. The van der Waals surface area contributed by atoms with E-state index >= 15 is 0 Å². The summed E-state index contributed by atoms with van der Waals surface area (Å²) in [5.41, 5.74) is 3.37. The quantitative estimate of drug-likeness (QED) is 0.608. The molecular formula is C22H24N4O3. The van der Waals surface area contributed by atoms with Crippen LogP contribution in [-0.2, 0) is 6.42 Å². The molecule has 3 rings (SSSR count). The van der Waals surface area contributed by atoms with Gasteiger partial charge in [-0.25, -0.2) is 9.97 Å². The smallest absolute Gasteiger partial charge is 0.258 e. The van der Waals surface area contributed by atoms with Crippen molar-refractivity contribution in [2.24, 2.45) is 0 Å². The summed E-state index contributed by atoms with van der Waals surface area (Å²) in [5, 5.41) is 5.98. The van der Waals surface area contributed by atoms with Crippen molar-refractivity contribution in [2.75, 3.05) is 31.4 Å². The number of ether oxygens (including phenoxy) is 2. The summed E-state index contributed by atoms with van der Waals surface area (Å²) in [6.07, 6.45) is 3.78. The van der Waals surface area contributed by atoms with Gasteiger partial charge in [0, 0.05) is 24.6 Å². The number of aryl methyl sites for hydroxylation is 1. The van der Waals surface area contributed by atoms with Crippen molar-refractivity contribution in [1.29, 1.82) is 0 Å². The maximum Gasteiger partial charge on any atom is 0.258 e. The second-order valence-electron chi connectivity index (χ2n) is 6.48. The maximum absolute atomic E-state index is 12.3. The lowest BCUT2D eigenvalue weighted by molar-refractivity contribution is 0.102. The molecule has 2 aromatic carbocycles. The van der Waals surface area contributed by atoms with E-state index in [4.69, 9.17) is 9.47 Å². The molecule has 0 aliphatic heterocycles. The predicted octanol–water partition coefficient (Wildman–Crippen LogP) is 3.71. The first-order valence-electron chi connectivity index (χ1n) is 9.24. The zero-order valence-electron chi connectivity index (χ0n) is 16.7. The van der Waals surface area contributed by atoms with E-state index in [1.165, 1.54) is 12.4 Å². The fourth-order valence-corrected chi connectivity index (χ4v) is 2.73. The predicted molar refractivity (Wildman–Crippen MR) is 113 cm³/mol. The van der Waals surface area contributed by atoms with Gasteiger partial charge in [0.15, 0.2) is 11.5 Å². The Kier molecular flexibility index (Phi) is 6.63. The van der Waals surface area contributed by atoms with Crippen LogP contribution in [0.3, 0.4) is 0 Å². The highest BCUT2D eigenvalue weighted by Crippen LogP contribution is 2.27. The van der Waals surface area contributed by atoms with Crippen molar-refractivity contribution in [3.05, 3.63) is 71.5 Å². The lowest BCUT2D eigenvalue weighted by Crippen LogP contribution is -2.14. The Bertz CT molecular complexity index is 957. The van der Waals surface area contributed by atoms with Crippen molar-refractivity contribution < 1.29 is 14.3 Å². The van der Waals surface area contributed by atoms with Crippen molar-refractivity contribution in [2.45, 2.75) is 13.3 Å². The van der Waals surface area contributed by atoms with E-state index in [-0.39, 0.29) is 5.91 Å². The minimum Gasteiger partial charge on any atom is -0.493 e. The number of nitrogens with one attached hydrogen (secondary N) is 2. The van der Waals surface area contributed by atoms with E-state index in [0.29, 0.717) is 29.6 Å². The first-order valence-corrected chi connectivity index (χ1v) is 9.24. The molecule has 150 valence electrons. The molecule has 2 N–H and O–H groups in total. The number of hydrogen-bond donors (Lipinski definition) is 2. The average Bonchev–Trinajstić information content (AvgIpc) is 2.75. The number of aromatic nitrogens is 2. The number of benzene rings is 2. The van der Waals surface area contributed by atoms with Crippen LogP contribution in [0.25, 0.3) is 0 Å². The summed E-state index contributed by atoms with van der Waals surface area (Å²) in [5.74, 6) is 1.63. The Morgan fingerprint density at radius 3 is 2.31 bits per heavy atom. The van der Waals surface area contributed by atoms with Crippen molar-refractivity contribution >= 4 is 17.5 Å². The number of rotatable bonds is 8. The van der Waals surface area contributed by atoms with Crippen LogP contribution in [0.5, 0.6) is 11.5 Å². The molecule has 0 aliphatic rings. The first-order chi connectivity index (χ1) is 14.1. The summed E-state index contributed by atoms with van der Waals surface area (Å²) in [6.45, 7) is 2.64. The molecule has 7 nitrogen and oxygen atoms in total. The van der Waals surface area contributed by atoms with Crippen LogP contribution in [0, 0.1) is 6.92 Å². The molecular weight excluding hydrogens is 368 g/mol. The van der Waals surface area contributed by atoms with Gasteiger partial charge in [0.2, 0.25) is 5.95 Å². The highest BCUT2D eigenvalue weighted by atomic mass is 16.5. The minimum absolute atomic E-state index is 0.245. The van der Waals surface area contributed by atoms with Gasteiger partial charge < -0.3 is 20.1 Å². The summed E-state index contributed by atoms with van der Waals surface area (Å²) in [6, 6.07) is 13.4. The molecule has 1 amide bonds. The third-order valence-corrected chi connectivity index (χ3v) is 4.37. The molecule has 0 spiro atoms. The van der Waals surface area contributed by atoms with E-state index < -0.39 is 0 Å². The lowest BCUT2D eigenvalue weighted by atomic mass is 10.1. The van der Waals surface area contributed by atoms with Gasteiger partial charge in [-0.05, 0) is 43.2 Å². The largest absolute Gasteiger partial charge is 0.493 e. The molecule has 1 aromatic heterocycles. The monoisotopic (exact) mass is 392 g/mol. The van der Waals surface area contributed by atoms with Gasteiger partial charge in [-0.1, -0.05) is 23.8 Å². The topological polar surface area (TPSA) is 85.4 Å². The van der Waals surface area contributed by atoms with Crippen LogP contribution in [0.1, 0.15) is 21.5 Å². The molecule has 0 unspecified atom stereocenters. The van der Waals surface area contributed by atoms with E-state index in [2.05, 4.69) is 20.6 Å². The third kappa shape index (κ3) is 5.44. The lowest BCUT2D eigenvalue weighted by Gasteiger charge is -2.10. The van der Waals surface area contributed by atoms with Crippen molar-refractivity contribution in [3.8, 4) is 11.5 Å². The van der Waals surface area contributed by atoms with Crippen LogP contribution < -0.4 is 20.1 Å². The molecule has 0 aliphatic carbocycles. The Morgan fingerprint density at radius 1 is 0.966 bits per heavy atom. The summed E-state index contributed by atoms with van der Waals surface area (Å²) in [4.78, 5) is 20.7. The number of methoxy groups -OCH3 is 2. The van der Waals surface area contributed by atoms with Gasteiger partial charge in [-0.15, -0.1) is 0 Å². The Hall–Kier alpha value is -3.61. The SMILES string of the molecule is COc1ccc(CCNc2ncc(C(=O)Nc3ccc(C)cc3)cn2)cc1OC. The first kappa shape index (κ1) is 20.1. The standard InChI is InChI=1S/C22H24N4O3/c1-15-4-7-18(8-5-15)26-21(27)17-13-24-22(25-14-17)23-11-10-16-6-9-19(28-2)20(12-16)29-3/h4-9,12-14H,10-11H2,1-3H3,(H,26,27)(H,23,24,25). The molecule has 29 heavy (non-hydrogen) atoms. The normalized spacial score (nSPS) is 10.3. The molecule has 0 radical (unpaired) electrons. The highest BCUT2D eigenvalue weighted by Gasteiger charge is 2.08. The number of carbonyl (C=O) groups is 1. The molecule has 0 atom stereocenters. The van der Waals surface area contributed by atoms with Gasteiger partial charge in [-0.2, -0.15) is 0 Å². The Labute approximate surface area is 170 Å².